The molecule has 0 spiro atoms. The van der Waals surface area contributed by atoms with Crippen molar-refractivity contribution in [2.75, 3.05) is 11.6 Å². The number of hydrogen-bond acceptors (Lipinski definition) is 6. The van der Waals surface area contributed by atoms with Gasteiger partial charge in [-0.3, -0.25) is 4.79 Å². The molecule has 8 heteroatoms. The van der Waals surface area contributed by atoms with Crippen molar-refractivity contribution in [2.45, 2.75) is 11.9 Å². The molecule has 1 aromatic carbocycles. The zero-order chi connectivity index (χ0) is 16.2. The summed E-state index contributed by atoms with van der Waals surface area (Å²) >= 11 is 1.44. The maximum absolute atomic E-state index is 12.4. The number of tetrazole rings is 1. The standard InChI is InChI=1S/C15H14N6OS/c1-10-8-11(5-6-13(10)21-9-17-19-20-21)18-14(22)12-4-3-7-16-15(12)23-2/h3-9H,1-2H3,(H,18,22). The molecule has 116 valence electrons. The van der Waals surface area contributed by atoms with Gasteiger partial charge < -0.3 is 5.32 Å². The van der Waals surface area contributed by atoms with Crippen LogP contribution in [0, 0.1) is 6.92 Å². The minimum absolute atomic E-state index is 0.183. The molecule has 23 heavy (non-hydrogen) atoms. The highest BCUT2D eigenvalue weighted by Gasteiger charge is 2.12. The van der Waals surface area contributed by atoms with Gasteiger partial charge in [0.05, 0.1) is 11.3 Å². The van der Waals surface area contributed by atoms with Crippen LogP contribution >= 0.6 is 11.8 Å². The number of rotatable bonds is 4. The molecule has 0 aliphatic rings. The van der Waals surface area contributed by atoms with Crippen LogP contribution in [0.2, 0.25) is 0 Å². The molecule has 0 atom stereocenters. The zero-order valence-electron chi connectivity index (χ0n) is 12.6. The largest absolute Gasteiger partial charge is 0.322 e. The van der Waals surface area contributed by atoms with Crippen molar-refractivity contribution in [1.29, 1.82) is 0 Å². The summed E-state index contributed by atoms with van der Waals surface area (Å²) in [6, 6.07) is 9.07. The van der Waals surface area contributed by atoms with Gasteiger partial charge in [-0.1, -0.05) is 0 Å². The molecule has 1 N–H and O–H groups in total. The van der Waals surface area contributed by atoms with E-state index in [2.05, 4.69) is 25.8 Å². The summed E-state index contributed by atoms with van der Waals surface area (Å²) in [5, 5.41) is 14.7. The van der Waals surface area contributed by atoms with Gasteiger partial charge in [0.15, 0.2) is 0 Å². The lowest BCUT2D eigenvalue weighted by Gasteiger charge is -2.10. The van der Waals surface area contributed by atoms with Gasteiger partial charge in [0.2, 0.25) is 0 Å². The summed E-state index contributed by atoms with van der Waals surface area (Å²) in [6.45, 7) is 1.93. The number of nitrogens with zero attached hydrogens (tertiary/aromatic N) is 5. The van der Waals surface area contributed by atoms with E-state index in [9.17, 15) is 4.79 Å². The van der Waals surface area contributed by atoms with Crippen LogP contribution < -0.4 is 5.32 Å². The predicted molar refractivity (Wildman–Crippen MR) is 87.9 cm³/mol. The molecule has 2 heterocycles. The lowest BCUT2D eigenvalue weighted by Crippen LogP contribution is -2.14. The zero-order valence-corrected chi connectivity index (χ0v) is 13.4. The summed E-state index contributed by atoms with van der Waals surface area (Å²) in [7, 11) is 0. The van der Waals surface area contributed by atoms with Crippen LogP contribution in [0.1, 0.15) is 15.9 Å². The lowest BCUT2D eigenvalue weighted by atomic mass is 10.1. The first-order valence-electron chi connectivity index (χ1n) is 6.83. The molecule has 0 radical (unpaired) electrons. The van der Waals surface area contributed by atoms with Gasteiger partial charge in [-0.25, -0.2) is 9.67 Å². The molecule has 0 fully saturated rings. The van der Waals surface area contributed by atoms with Crippen LogP contribution in [0.5, 0.6) is 0 Å². The highest BCUT2D eigenvalue weighted by Crippen LogP contribution is 2.21. The van der Waals surface area contributed by atoms with Crippen molar-refractivity contribution in [3.63, 3.8) is 0 Å². The molecule has 0 unspecified atom stereocenters. The SMILES string of the molecule is CSc1ncccc1C(=O)Nc1ccc(-n2cnnn2)c(C)c1. The Hall–Kier alpha value is -2.74. The van der Waals surface area contributed by atoms with Crippen LogP contribution in [0.15, 0.2) is 47.9 Å². The van der Waals surface area contributed by atoms with Crippen LogP contribution in [-0.2, 0) is 0 Å². The summed E-state index contributed by atoms with van der Waals surface area (Å²) in [6.07, 6.45) is 5.10. The molecule has 0 saturated heterocycles. The molecular weight excluding hydrogens is 312 g/mol. The number of nitrogens with one attached hydrogen (secondary N) is 1. The lowest BCUT2D eigenvalue weighted by molar-refractivity contribution is 0.102. The molecule has 7 nitrogen and oxygen atoms in total. The molecule has 0 aliphatic carbocycles. The molecule has 3 aromatic rings. The third-order valence-electron chi connectivity index (χ3n) is 3.26. The Labute approximate surface area is 137 Å². The second kappa shape index (κ2) is 6.57. The van der Waals surface area contributed by atoms with Crippen LogP contribution in [0.4, 0.5) is 5.69 Å². The Kier molecular flexibility index (Phi) is 4.33. The van der Waals surface area contributed by atoms with Crippen molar-refractivity contribution in [1.82, 2.24) is 25.2 Å². The normalized spacial score (nSPS) is 10.5. The van der Waals surface area contributed by atoms with Gasteiger partial charge in [-0.15, -0.1) is 16.9 Å². The number of benzene rings is 1. The Bertz CT molecular complexity index is 834. The van der Waals surface area contributed by atoms with Crippen LogP contribution in [-0.4, -0.2) is 37.4 Å². The van der Waals surface area contributed by atoms with Gasteiger partial charge in [-0.05, 0) is 59.5 Å². The van der Waals surface area contributed by atoms with Gasteiger partial charge in [0.25, 0.3) is 5.91 Å². The molecule has 0 bridgehead atoms. The van der Waals surface area contributed by atoms with Crippen molar-refractivity contribution < 1.29 is 4.79 Å². The monoisotopic (exact) mass is 326 g/mol. The van der Waals surface area contributed by atoms with Crippen molar-refractivity contribution >= 4 is 23.4 Å². The highest BCUT2D eigenvalue weighted by atomic mass is 32.2. The number of carbonyl (C=O) groups excluding carboxylic acids is 1. The summed E-state index contributed by atoms with van der Waals surface area (Å²) in [5.74, 6) is -0.183. The van der Waals surface area contributed by atoms with E-state index in [4.69, 9.17) is 0 Å². The molecule has 1 amide bonds. The molecule has 3 rings (SSSR count). The first-order valence-corrected chi connectivity index (χ1v) is 8.06. The molecule has 2 aromatic heterocycles. The molecule has 0 aliphatic heterocycles. The summed E-state index contributed by atoms with van der Waals surface area (Å²) in [4.78, 5) is 16.6. The average molecular weight is 326 g/mol. The number of aryl methyl sites for hydroxylation is 1. The van der Waals surface area contributed by atoms with E-state index < -0.39 is 0 Å². The van der Waals surface area contributed by atoms with E-state index in [0.29, 0.717) is 16.3 Å². The second-order valence-electron chi connectivity index (χ2n) is 4.77. The van der Waals surface area contributed by atoms with Crippen molar-refractivity contribution in [3.05, 3.63) is 54.0 Å². The maximum atomic E-state index is 12.4. The van der Waals surface area contributed by atoms with Gasteiger partial charge in [0.1, 0.15) is 11.4 Å². The highest BCUT2D eigenvalue weighted by molar-refractivity contribution is 7.98. The number of carbonyl (C=O) groups is 1. The third-order valence-corrected chi connectivity index (χ3v) is 3.97. The predicted octanol–water partition coefficient (Wildman–Crippen LogP) is 2.34. The Balaban J connectivity index is 1.83. The van der Waals surface area contributed by atoms with E-state index in [1.165, 1.54) is 18.1 Å². The minimum Gasteiger partial charge on any atom is -0.322 e. The maximum Gasteiger partial charge on any atom is 0.258 e. The fourth-order valence-corrected chi connectivity index (χ4v) is 2.73. The van der Waals surface area contributed by atoms with Crippen LogP contribution in [0.3, 0.4) is 0 Å². The van der Waals surface area contributed by atoms with Crippen LogP contribution in [0.25, 0.3) is 5.69 Å². The Morgan fingerprint density at radius 3 is 2.87 bits per heavy atom. The van der Waals surface area contributed by atoms with E-state index in [1.807, 2.05) is 31.4 Å². The minimum atomic E-state index is -0.183. The number of thioether (sulfide) groups is 1. The van der Waals surface area contributed by atoms with E-state index in [1.54, 1.807) is 23.0 Å². The fraction of sp³-hybridized carbons (Fsp3) is 0.133. The number of amides is 1. The summed E-state index contributed by atoms with van der Waals surface area (Å²) in [5.41, 5.74) is 3.08. The van der Waals surface area contributed by atoms with Gasteiger partial charge >= 0.3 is 0 Å². The topological polar surface area (TPSA) is 85.6 Å². The molecular formula is C15H14N6OS. The van der Waals surface area contributed by atoms with Crippen molar-refractivity contribution in [2.24, 2.45) is 0 Å². The van der Waals surface area contributed by atoms with E-state index in [0.717, 1.165) is 11.3 Å². The van der Waals surface area contributed by atoms with E-state index >= 15 is 0 Å². The number of pyridine rings is 1. The van der Waals surface area contributed by atoms with Gasteiger partial charge in [0, 0.05) is 11.9 Å². The number of aromatic nitrogens is 5. The summed E-state index contributed by atoms with van der Waals surface area (Å²) < 4.78 is 1.58. The third kappa shape index (κ3) is 3.21. The first kappa shape index (κ1) is 15.2. The smallest absolute Gasteiger partial charge is 0.258 e. The fourth-order valence-electron chi connectivity index (χ4n) is 2.19. The van der Waals surface area contributed by atoms with Gasteiger partial charge in [-0.2, -0.15) is 0 Å². The number of anilines is 1. The first-order chi connectivity index (χ1) is 11.2. The van der Waals surface area contributed by atoms with Crippen molar-refractivity contribution in [3.8, 4) is 5.69 Å². The average Bonchev–Trinajstić information content (AvgIpc) is 3.09. The molecule has 0 saturated carbocycles. The number of hydrogen-bond donors (Lipinski definition) is 1. The van der Waals surface area contributed by atoms with E-state index in [-0.39, 0.29) is 5.91 Å². The quantitative estimate of drug-likeness (QED) is 0.741. The Morgan fingerprint density at radius 2 is 2.17 bits per heavy atom. The Morgan fingerprint density at radius 1 is 1.30 bits per heavy atom. The second-order valence-corrected chi connectivity index (χ2v) is 5.56.